The van der Waals surface area contributed by atoms with Crippen LogP contribution in [-0.2, 0) is 0 Å². The minimum absolute atomic E-state index is 0.630. The Labute approximate surface area is 97.2 Å². The van der Waals surface area contributed by atoms with Gasteiger partial charge >= 0.3 is 0 Å². The zero-order valence-corrected chi connectivity index (χ0v) is 9.72. The molecule has 0 aliphatic heterocycles. The number of aliphatic hydroxyl groups excluding tert-OH is 1. The number of thiophene rings is 1. The van der Waals surface area contributed by atoms with Crippen LogP contribution in [-0.4, -0.2) is 10.1 Å². The molecule has 2 nitrogen and oxygen atoms in total. The van der Waals surface area contributed by atoms with Gasteiger partial charge in [-0.1, -0.05) is 17.7 Å². The molecule has 0 radical (unpaired) electrons. The monoisotopic (exact) mass is 239 g/mol. The molecule has 0 spiro atoms. The first-order valence-electron chi connectivity index (χ1n) is 4.51. The van der Waals surface area contributed by atoms with E-state index in [-0.39, 0.29) is 0 Å². The van der Waals surface area contributed by atoms with Gasteiger partial charge in [0.1, 0.15) is 6.10 Å². The molecule has 1 atom stereocenters. The highest BCUT2D eigenvalue weighted by molar-refractivity contribution is 7.16. The van der Waals surface area contributed by atoms with Crippen molar-refractivity contribution >= 4 is 22.9 Å². The molecule has 2 aromatic rings. The van der Waals surface area contributed by atoms with Gasteiger partial charge in [0.2, 0.25) is 0 Å². The van der Waals surface area contributed by atoms with Crippen LogP contribution in [0.5, 0.6) is 0 Å². The Morgan fingerprint density at radius 2 is 2.20 bits per heavy atom. The van der Waals surface area contributed by atoms with E-state index in [0.717, 1.165) is 16.0 Å². The number of rotatable bonds is 2. The number of aryl methyl sites for hydroxylation is 1. The lowest BCUT2D eigenvalue weighted by Crippen LogP contribution is -1.98. The Hall–Kier alpha value is -0.900. The van der Waals surface area contributed by atoms with E-state index < -0.39 is 6.10 Å². The van der Waals surface area contributed by atoms with Crippen LogP contribution in [0.3, 0.4) is 0 Å². The van der Waals surface area contributed by atoms with E-state index in [9.17, 15) is 5.11 Å². The second-order valence-electron chi connectivity index (χ2n) is 3.34. The highest BCUT2D eigenvalue weighted by Gasteiger charge is 2.12. The molecular formula is C11H10ClNOS. The number of hydrogen-bond acceptors (Lipinski definition) is 3. The number of hydrogen-bond donors (Lipinski definition) is 1. The van der Waals surface area contributed by atoms with Crippen molar-refractivity contribution in [3.05, 3.63) is 50.9 Å². The predicted octanol–water partition coefficient (Wildman–Crippen LogP) is 3.19. The van der Waals surface area contributed by atoms with Crippen molar-refractivity contribution in [2.75, 3.05) is 0 Å². The third-order valence-corrected chi connectivity index (χ3v) is 3.36. The molecule has 4 heteroatoms. The van der Waals surface area contributed by atoms with Crippen LogP contribution in [0.2, 0.25) is 4.34 Å². The van der Waals surface area contributed by atoms with Gasteiger partial charge in [-0.25, -0.2) is 0 Å². The topological polar surface area (TPSA) is 33.1 Å². The summed E-state index contributed by atoms with van der Waals surface area (Å²) in [7, 11) is 0. The van der Waals surface area contributed by atoms with Gasteiger partial charge in [0.25, 0.3) is 0 Å². The molecule has 0 aromatic carbocycles. The normalized spacial score (nSPS) is 12.7. The minimum atomic E-state index is -0.630. The number of halogens is 1. The number of pyridine rings is 1. The smallest absolute Gasteiger partial charge is 0.115 e. The maximum atomic E-state index is 10.0. The van der Waals surface area contributed by atoms with E-state index in [1.807, 2.05) is 19.1 Å². The molecule has 0 saturated heterocycles. The molecule has 2 aromatic heterocycles. The standard InChI is InChI=1S/C11H10ClNOS/c1-7-4-8(6-13-5-7)11(14)9-2-3-10(12)15-9/h2-6,11,14H,1H3. The van der Waals surface area contributed by atoms with Crippen LogP contribution < -0.4 is 0 Å². The quantitative estimate of drug-likeness (QED) is 0.873. The molecule has 0 aliphatic rings. The maximum Gasteiger partial charge on any atom is 0.115 e. The van der Waals surface area contributed by atoms with Crippen molar-refractivity contribution in [2.45, 2.75) is 13.0 Å². The largest absolute Gasteiger partial charge is 0.383 e. The Morgan fingerprint density at radius 1 is 1.40 bits per heavy atom. The number of nitrogens with zero attached hydrogens (tertiary/aromatic N) is 1. The summed E-state index contributed by atoms with van der Waals surface area (Å²) in [5.41, 5.74) is 1.84. The molecule has 78 valence electrons. The van der Waals surface area contributed by atoms with Gasteiger partial charge in [-0.15, -0.1) is 11.3 Å². The second kappa shape index (κ2) is 4.31. The average molecular weight is 240 g/mol. The van der Waals surface area contributed by atoms with Crippen LogP contribution in [0.1, 0.15) is 22.1 Å². The molecule has 0 bridgehead atoms. The summed E-state index contributed by atoms with van der Waals surface area (Å²) in [5.74, 6) is 0. The van der Waals surface area contributed by atoms with E-state index in [1.54, 1.807) is 18.5 Å². The summed E-state index contributed by atoms with van der Waals surface area (Å²) in [6.45, 7) is 1.95. The van der Waals surface area contributed by atoms with Crippen LogP contribution >= 0.6 is 22.9 Å². The van der Waals surface area contributed by atoms with Crippen molar-refractivity contribution in [2.24, 2.45) is 0 Å². The van der Waals surface area contributed by atoms with Crippen LogP contribution in [0.25, 0.3) is 0 Å². The van der Waals surface area contributed by atoms with Crippen molar-refractivity contribution in [1.29, 1.82) is 0 Å². The summed E-state index contributed by atoms with van der Waals surface area (Å²) >= 11 is 7.20. The molecule has 0 aliphatic carbocycles. The molecular weight excluding hydrogens is 230 g/mol. The molecule has 0 saturated carbocycles. The fraction of sp³-hybridized carbons (Fsp3) is 0.182. The number of aliphatic hydroxyl groups is 1. The number of aromatic nitrogens is 1. The summed E-state index contributed by atoms with van der Waals surface area (Å²) < 4.78 is 0.685. The van der Waals surface area contributed by atoms with Gasteiger partial charge in [-0.2, -0.15) is 0 Å². The highest BCUT2D eigenvalue weighted by atomic mass is 35.5. The average Bonchev–Trinajstić information content (AvgIpc) is 2.64. The lowest BCUT2D eigenvalue weighted by molar-refractivity contribution is 0.223. The summed E-state index contributed by atoms with van der Waals surface area (Å²) in [4.78, 5) is 4.89. The van der Waals surface area contributed by atoms with Crippen molar-refractivity contribution in [3.63, 3.8) is 0 Å². The van der Waals surface area contributed by atoms with E-state index in [1.165, 1.54) is 11.3 Å². The van der Waals surface area contributed by atoms with E-state index >= 15 is 0 Å². The van der Waals surface area contributed by atoms with Crippen LogP contribution in [0, 0.1) is 6.92 Å². The SMILES string of the molecule is Cc1cncc(C(O)c2ccc(Cl)s2)c1. The Bertz CT molecular complexity index is 469. The summed E-state index contributed by atoms with van der Waals surface area (Å²) in [6.07, 6.45) is 2.80. The first-order chi connectivity index (χ1) is 7.16. The second-order valence-corrected chi connectivity index (χ2v) is 5.09. The molecule has 2 heterocycles. The molecule has 0 fully saturated rings. The van der Waals surface area contributed by atoms with Crippen molar-refractivity contribution in [1.82, 2.24) is 4.98 Å². The first-order valence-corrected chi connectivity index (χ1v) is 5.71. The van der Waals surface area contributed by atoms with Gasteiger partial charge in [-0.05, 0) is 24.6 Å². The van der Waals surface area contributed by atoms with Gasteiger partial charge in [0.05, 0.1) is 4.34 Å². The predicted molar refractivity (Wildman–Crippen MR) is 62.4 cm³/mol. The molecule has 1 unspecified atom stereocenters. The van der Waals surface area contributed by atoms with Crippen molar-refractivity contribution < 1.29 is 5.11 Å². The zero-order chi connectivity index (χ0) is 10.8. The molecule has 15 heavy (non-hydrogen) atoms. The highest BCUT2D eigenvalue weighted by Crippen LogP contribution is 2.30. The van der Waals surface area contributed by atoms with E-state index in [0.29, 0.717) is 4.34 Å². The van der Waals surface area contributed by atoms with Crippen LogP contribution in [0.4, 0.5) is 0 Å². The van der Waals surface area contributed by atoms with E-state index in [2.05, 4.69) is 4.98 Å². The van der Waals surface area contributed by atoms with Crippen molar-refractivity contribution in [3.8, 4) is 0 Å². The maximum absolute atomic E-state index is 10.0. The van der Waals surface area contributed by atoms with Gasteiger partial charge in [-0.3, -0.25) is 4.98 Å². The van der Waals surface area contributed by atoms with Gasteiger partial charge < -0.3 is 5.11 Å². The molecule has 2 rings (SSSR count). The summed E-state index contributed by atoms with van der Waals surface area (Å²) in [5, 5.41) is 10.0. The summed E-state index contributed by atoms with van der Waals surface area (Å²) in [6, 6.07) is 5.54. The fourth-order valence-corrected chi connectivity index (χ4v) is 2.44. The fourth-order valence-electron chi connectivity index (χ4n) is 1.37. The Morgan fingerprint density at radius 3 is 2.80 bits per heavy atom. The molecule has 1 N–H and O–H groups in total. The van der Waals surface area contributed by atoms with Gasteiger partial charge in [0.15, 0.2) is 0 Å². The molecule has 0 amide bonds. The third-order valence-electron chi connectivity index (χ3n) is 2.08. The lowest BCUT2D eigenvalue weighted by atomic mass is 10.1. The van der Waals surface area contributed by atoms with Gasteiger partial charge in [0, 0.05) is 22.8 Å². The van der Waals surface area contributed by atoms with E-state index in [4.69, 9.17) is 11.6 Å². The third kappa shape index (κ3) is 2.37. The zero-order valence-electron chi connectivity index (χ0n) is 8.14. The minimum Gasteiger partial charge on any atom is -0.383 e. The Balaban J connectivity index is 2.32. The Kier molecular flexibility index (Phi) is 3.05. The first kappa shape index (κ1) is 10.6. The van der Waals surface area contributed by atoms with Crippen LogP contribution in [0.15, 0.2) is 30.6 Å². The lowest BCUT2D eigenvalue weighted by Gasteiger charge is -2.08.